The van der Waals surface area contributed by atoms with Gasteiger partial charge in [-0.1, -0.05) is 29.8 Å². The molecule has 1 fully saturated rings. The third-order valence-corrected chi connectivity index (χ3v) is 4.08. The summed E-state index contributed by atoms with van der Waals surface area (Å²) in [6.07, 6.45) is -0.202. The minimum Gasteiger partial charge on any atom is -0.393 e. The zero-order valence-electron chi connectivity index (χ0n) is 11.7. The van der Waals surface area contributed by atoms with E-state index in [1.54, 1.807) is 12.1 Å². The van der Waals surface area contributed by atoms with Gasteiger partial charge in [-0.05, 0) is 38.5 Å². The van der Waals surface area contributed by atoms with Crippen molar-refractivity contribution >= 4 is 5.78 Å². The maximum absolute atomic E-state index is 12.0. The lowest BCUT2D eigenvalue weighted by molar-refractivity contribution is 0.0678. The molecule has 3 N–H and O–H groups in total. The highest BCUT2D eigenvalue weighted by Crippen LogP contribution is 2.30. The lowest BCUT2D eigenvalue weighted by atomic mass is 9.94. The van der Waals surface area contributed by atoms with Crippen LogP contribution in [0.25, 0.3) is 0 Å². The predicted octanol–water partition coefficient (Wildman–Crippen LogP) is 1.45. The van der Waals surface area contributed by atoms with Crippen molar-refractivity contribution in [2.45, 2.75) is 50.9 Å². The van der Waals surface area contributed by atoms with E-state index in [-0.39, 0.29) is 11.7 Å². The molecule has 1 aromatic rings. The number of carbonyl (C=O) groups excluding carboxylic acids is 1. The molecule has 4 heteroatoms. The monoisotopic (exact) mass is 278 g/mol. The number of rotatable bonds is 5. The molecule has 1 aliphatic rings. The van der Waals surface area contributed by atoms with Gasteiger partial charge in [0.05, 0.1) is 12.2 Å². The second-order valence-electron chi connectivity index (χ2n) is 5.78. The van der Waals surface area contributed by atoms with Crippen molar-refractivity contribution in [1.29, 1.82) is 0 Å². The van der Waals surface area contributed by atoms with Gasteiger partial charge in [0.1, 0.15) is 6.10 Å². The van der Waals surface area contributed by atoms with Crippen molar-refractivity contribution in [1.82, 2.24) is 0 Å². The number of aryl methyl sites for hydroxylation is 1. The van der Waals surface area contributed by atoms with Gasteiger partial charge in [0.2, 0.25) is 0 Å². The van der Waals surface area contributed by atoms with E-state index in [1.807, 2.05) is 19.1 Å². The number of hydrogen-bond acceptors (Lipinski definition) is 4. The Labute approximate surface area is 119 Å². The summed E-state index contributed by atoms with van der Waals surface area (Å²) >= 11 is 0. The molecule has 1 saturated carbocycles. The van der Waals surface area contributed by atoms with Crippen molar-refractivity contribution in [3.63, 3.8) is 0 Å². The van der Waals surface area contributed by atoms with Gasteiger partial charge in [0, 0.05) is 5.56 Å². The zero-order chi connectivity index (χ0) is 14.7. The van der Waals surface area contributed by atoms with Gasteiger partial charge in [-0.3, -0.25) is 4.79 Å². The Morgan fingerprint density at radius 3 is 2.45 bits per heavy atom. The van der Waals surface area contributed by atoms with Crippen LogP contribution in [0.4, 0.5) is 0 Å². The molecule has 110 valence electrons. The fourth-order valence-electron chi connectivity index (χ4n) is 2.80. The van der Waals surface area contributed by atoms with Gasteiger partial charge in [-0.25, -0.2) is 0 Å². The van der Waals surface area contributed by atoms with Gasteiger partial charge in [-0.2, -0.15) is 0 Å². The van der Waals surface area contributed by atoms with Crippen molar-refractivity contribution in [3.05, 3.63) is 35.4 Å². The maximum atomic E-state index is 12.0. The fraction of sp³-hybridized carbons (Fsp3) is 0.562. The first-order valence-corrected chi connectivity index (χ1v) is 7.12. The fourth-order valence-corrected chi connectivity index (χ4v) is 2.80. The molecule has 0 amide bonds. The second-order valence-corrected chi connectivity index (χ2v) is 5.78. The van der Waals surface area contributed by atoms with E-state index in [9.17, 15) is 20.1 Å². The molecule has 0 saturated heterocycles. The molecule has 1 aliphatic carbocycles. The summed E-state index contributed by atoms with van der Waals surface area (Å²) in [6.45, 7) is 1.94. The van der Waals surface area contributed by atoms with E-state index < -0.39 is 18.3 Å². The summed E-state index contributed by atoms with van der Waals surface area (Å²) in [7, 11) is 0. The molecule has 0 aromatic heterocycles. The Kier molecular flexibility index (Phi) is 4.91. The topological polar surface area (TPSA) is 77.8 Å². The third kappa shape index (κ3) is 3.66. The van der Waals surface area contributed by atoms with Crippen LogP contribution in [0.3, 0.4) is 0 Å². The molecule has 1 unspecified atom stereocenters. The summed E-state index contributed by atoms with van der Waals surface area (Å²) in [6, 6.07) is 7.12. The second kappa shape index (κ2) is 6.48. The Morgan fingerprint density at radius 2 is 1.90 bits per heavy atom. The summed E-state index contributed by atoms with van der Waals surface area (Å²) in [4.78, 5) is 12.0. The average Bonchev–Trinajstić information content (AvgIpc) is 2.74. The van der Waals surface area contributed by atoms with E-state index in [0.717, 1.165) is 5.56 Å². The quantitative estimate of drug-likeness (QED) is 0.712. The SMILES string of the molecule is Cc1ccc(C(=O)C(O)CC[C@@H]2C[C@@H](O)C[C@H]2O)cc1. The minimum absolute atomic E-state index is 0.0227. The van der Waals surface area contributed by atoms with Crippen LogP contribution in [0.2, 0.25) is 0 Å². The Morgan fingerprint density at radius 1 is 1.25 bits per heavy atom. The number of aliphatic hydroxyl groups is 3. The first-order valence-electron chi connectivity index (χ1n) is 7.12. The smallest absolute Gasteiger partial charge is 0.191 e. The summed E-state index contributed by atoms with van der Waals surface area (Å²) in [5.41, 5.74) is 1.58. The van der Waals surface area contributed by atoms with Crippen molar-refractivity contribution in [2.24, 2.45) is 5.92 Å². The predicted molar refractivity (Wildman–Crippen MR) is 75.5 cm³/mol. The standard InChI is InChI=1S/C16H22O4/c1-10-2-4-11(5-3-10)16(20)14(18)7-6-12-8-13(17)9-15(12)19/h2-5,12-15,17-19H,6-9H2,1H3/t12-,13-,14?,15-/m1/s1. The zero-order valence-corrected chi connectivity index (χ0v) is 11.7. The van der Waals surface area contributed by atoms with Crippen LogP contribution in [0.5, 0.6) is 0 Å². The summed E-state index contributed by atoms with van der Waals surface area (Å²) < 4.78 is 0. The van der Waals surface area contributed by atoms with Crippen LogP contribution in [-0.2, 0) is 0 Å². The van der Waals surface area contributed by atoms with Crippen LogP contribution in [-0.4, -0.2) is 39.4 Å². The Bertz CT molecular complexity index is 454. The Balaban J connectivity index is 1.87. The lowest BCUT2D eigenvalue weighted by Crippen LogP contribution is -2.23. The number of carbonyl (C=O) groups is 1. The minimum atomic E-state index is -1.04. The average molecular weight is 278 g/mol. The van der Waals surface area contributed by atoms with Gasteiger partial charge < -0.3 is 15.3 Å². The Hall–Kier alpha value is -1.23. The first-order chi connectivity index (χ1) is 9.47. The third-order valence-electron chi connectivity index (χ3n) is 4.08. The van der Waals surface area contributed by atoms with Crippen LogP contribution in [0.1, 0.15) is 41.6 Å². The molecule has 20 heavy (non-hydrogen) atoms. The molecule has 0 heterocycles. The van der Waals surface area contributed by atoms with Crippen LogP contribution < -0.4 is 0 Å². The molecule has 2 rings (SSSR count). The number of Topliss-reactive ketones (excluding diaryl/α,β-unsaturated/α-hetero) is 1. The normalized spacial score (nSPS) is 27.5. The molecule has 0 radical (unpaired) electrons. The molecule has 4 nitrogen and oxygen atoms in total. The van der Waals surface area contributed by atoms with Crippen LogP contribution >= 0.6 is 0 Å². The van der Waals surface area contributed by atoms with E-state index >= 15 is 0 Å². The van der Waals surface area contributed by atoms with E-state index in [2.05, 4.69) is 0 Å². The van der Waals surface area contributed by atoms with Gasteiger partial charge in [0.25, 0.3) is 0 Å². The van der Waals surface area contributed by atoms with E-state index in [1.165, 1.54) is 0 Å². The lowest BCUT2D eigenvalue weighted by Gasteiger charge is -2.16. The van der Waals surface area contributed by atoms with Crippen LogP contribution in [0, 0.1) is 12.8 Å². The van der Waals surface area contributed by atoms with Crippen LogP contribution in [0.15, 0.2) is 24.3 Å². The van der Waals surface area contributed by atoms with Gasteiger partial charge >= 0.3 is 0 Å². The summed E-state index contributed by atoms with van der Waals surface area (Å²) in [5, 5.41) is 29.2. The molecule has 0 spiro atoms. The highest BCUT2D eigenvalue weighted by Gasteiger charge is 2.32. The molecular formula is C16H22O4. The number of ketones is 1. The van der Waals surface area contributed by atoms with Gasteiger partial charge in [0.15, 0.2) is 5.78 Å². The molecular weight excluding hydrogens is 256 g/mol. The molecule has 0 bridgehead atoms. The number of aliphatic hydroxyl groups excluding tert-OH is 3. The maximum Gasteiger partial charge on any atom is 0.191 e. The highest BCUT2D eigenvalue weighted by molar-refractivity contribution is 5.99. The largest absolute Gasteiger partial charge is 0.393 e. The number of hydrogen-bond donors (Lipinski definition) is 3. The van der Waals surface area contributed by atoms with Crippen molar-refractivity contribution in [3.8, 4) is 0 Å². The van der Waals surface area contributed by atoms with Crippen molar-refractivity contribution < 1.29 is 20.1 Å². The van der Waals surface area contributed by atoms with Crippen molar-refractivity contribution in [2.75, 3.05) is 0 Å². The van der Waals surface area contributed by atoms with Gasteiger partial charge in [-0.15, -0.1) is 0 Å². The number of benzene rings is 1. The van der Waals surface area contributed by atoms with E-state index in [4.69, 9.17) is 0 Å². The summed E-state index contributed by atoms with van der Waals surface area (Å²) in [5.74, 6) is -0.302. The first kappa shape index (κ1) is 15.2. The molecule has 1 aromatic carbocycles. The molecule has 4 atom stereocenters. The van der Waals surface area contributed by atoms with E-state index in [0.29, 0.717) is 31.2 Å². The molecule has 0 aliphatic heterocycles. The highest BCUT2D eigenvalue weighted by atomic mass is 16.3.